The minimum absolute atomic E-state index is 0. The lowest BCUT2D eigenvalue weighted by molar-refractivity contribution is 0.356. The van der Waals surface area contributed by atoms with E-state index in [9.17, 15) is 4.39 Å². The second-order valence-corrected chi connectivity index (χ2v) is 5.27. The Balaban J connectivity index is 0.00000208. The summed E-state index contributed by atoms with van der Waals surface area (Å²) in [6.07, 6.45) is 1.64. The molecule has 0 saturated heterocycles. The number of fused-ring (bicyclic) bond motifs is 1. The number of hydrogen-bond acceptors (Lipinski definition) is 4. The van der Waals surface area contributed by atoms with Crippen LogP contribution in [0.25, 0.3) is 10.9 Å². The summed E-state index contributed by atoms with van der Waals surface area (Å²) >= 11 is 5.78. The van der Waals surface area contributed by atoms with Gasteiger partial charge in [-0.3, -0.25) is 4.98 Å². The highest BCUT2D eigenvalue weighted by atomic mass is 35.5. The van der Waals surface area contributed by atoms with Crippen molar-refractivity contribution in [2.24, 2.45) is 0 Å². The Morgan fingerprint density at radius 1 is 1.00 bits per heavy atom. The van der Waals surface area contributed by atoms with E-state index in [1.54, 1.807) is 50.7 Å². The molecular weight excluding hydrogens is 354 g/mol. The first kappa shape index (κ1) is 18.1. The zero-order valence-electron chi connectivity index (χ0n) is 13.0. The van der Waals surface area contributed by atoms with E-state index in [2.05, 4.69) is 10.3 Å². The van der Waals surface area contributed by atoms with Crippen molar-refractivity contribution >= 4 is 46.3 Å². The third kappa shape index (κ3) is 3.47. The predicted molar refractivity (Wildman–Crippen MR) is 96.8 cm³/mol. The van der Waals surface area contributed by atoms with Crippen molar-refractivity contribution in [3.63, 3.8) is 0 Å². The van der Waals surface area contributed by atoms with E-state index in [0.29, 0.717) is 33.4 Å². The van der Waals surface area contributed by atoms with Crippen LogP contribution in [0.1, 0.15) is 0 Å². The highest BCUT2D eigenvalue weighted by molar-refractivity contribution is 6.30. The lowest BCUT2D eigenvalue weighted by Gasteiger charge is -2.13. The maximum absolute atomic E-state index is 14.0. The number of ether oxygens (including phenoxy) is 2. The largest absolute Gasteiger partial charge is 0.493 e. The third-order valence-electron chi connectivity index (χ3n) is 3.45. The zero-order valence-corrected chi connectivity index (χ0v) is 14.5. The van der Waals surface area contributed by atoms with E-state index in [-0.39, 0.29) is 12.4 Å². The monoisotopic (exact) mass is 368 g/mol. The van der Waals surface area contributed by atoms with Gasteiger partial charge in [0.25, 0.3) is 0 Å². The summed E-state index contributed by atoms with van der Waals surface area (Å²) in [5.74, 6) is 0.734. The van der Waals surface area contributed by atoms with Gasteiger partial charge in [-0.15, -0.1) is 12.4 Å². The molecule has 1 N–H and O–H groups in total. The van der Waals surface area contributed by atoms with Crippen LogP contribution in [-0.4, -0.2) is 19.2 Å². The molecule has 0 amide bonds. The molecule has 0 bridgehead atoms. The molecule has 126 valence electrons. The van der Waals surface area contributed by atoms with Crippen LogP contribution < -0.4 is 14.8 Å². The van der Waals surface area contributed by atoms with Gasteiger partial charge in [-0.1, -0.05) is 11.6 Å². The normalized spacial score (nSPS) is 10.2. The van der Waals surface area contributed by atoms with Crippen LogP contribution >= 0.6 is 24.0 Å². The molecule has 0 spiro atoms. The van der Waals surface area contributed by atoms with Crippen molar-refractivity contribution in [3.8, 4) is 11.5 Å². The molecule has 0 unspecified atom stereocenters. The van der Waals surface area contributed by atoms with E-state index in [1.807, 2.05) is 0 Å². The number of methoxy groups -OCH3 is 2. The van der Waals surface area contributed by atoms with Gasteiger partial charge in [-0.2, -0.15) is 0 Å². The fraction of sp³-hybridized carbons (Fsp3) is 0.118. The second-order valence-electron chi connectivity index (χ2n) is 4.83. The van der Waals surface area contributed by atoms with Crippen LogP contribution in [0.4, 0.5) is 15.8 Å². The summed E-state index contributed by atoms with van der Waals surface area (Å²) in [4.78, 5) is 4.31. The molecule has 0 fully saturated rings. The average molecular weight is 369 g/mol. The first-order valence-electron chi connectivity index (χ1n) is 6.85. The van der Waals surface area contributed by atoms with Crippen LogP contribution in [0.2, 0.25) is 5.02 Å². The van der Waals surface area contributed by atoms with Gasteiger partial charge in [-0.25, -0.2) is 4.39 Å². The van der Waals surface area contributed by atoms with Gasteiger partial charge in [-0.05, 0) is 30.3 Å². The Labute approximate surface area is 150 Å². The minimum Gasteiger partial charge on any atom is -0.493 e. The van der Waals surface area contributed by atoms with Gasteiger partial charge in [0, 0.05) is 28.4 Å². The van der Waals surface area contributed by atoms with Crippen molar-refractivity contribution in [2.45, 2.75) is 0 Å². The molecule has 0 radical (unpaired) electrons. The first-order valence-corrected chi connectivity index (χ1v) is 7.23. The summed E-state index contributed by atoms with van der Waals surface area (Å²) < 4.78 is 24.6. The van der Waals surface area contributed by atoms with Crippen LogP contribution in [0.3, 0.4) is 0 Å². The van der Waals surface area contributed by atoms with Crippen molar-refractivity contribution < 1.29 is 13.9 Å². The van der Waals surface area contributed by atoms with E-state index in [0.717, 1.165) is 5.39 Å². The molecule has 0 aliphatic heterocycles. The van der Waals surface area contributed by atoms with E-state index < -0.39 is 5.82 Å². The third-order valence-corrected chi connectivity index (χ3v) is 3.68. The summed E-state index contributed by atoms with van der Waals surface area (Å²) in [6, 6.07) is 9.82. The molecule has 0 atom stereocenters. The molecule has 7 heteroatoms. The first-order chi connectivity index (χ1) is 11.1. The summed E-state index contributed by atoms with van der Waals surface area (Å²) in [5.41, 5.74) is 1.75. The van der Waals surface area contributed by atoms with Crippen LogP contribution in [0, 0.1) is 5.82 Å². The molecule has 0 saturated carbocycles. The Bertz CT molecular complexity index is 875. The van der Waals surface area contributed by atoms with Crippen molar-refractivity contribution in [3.05, 3.63) is 53.4 Å². The number of aromatic nitrogens is 1. The number of anilines is 2. The molecule has 24 heavy (non-hydrogen) atoms. The Hall–Kier alpha value is -2.24. The van der Waals surface area contributed by atoms with Gasteiger partial charge in [0.2, 0.25) is 0 Å². The Kier molecular flexibility index (Phi) is 5.70. The number of nitrogens with zero attached hydrogens (tertiary/aromatic N) is 1. The number of nitrogens with one attached hydrogen (secondary N) is 1. The molecule has 0 aliphatic carbocycles. The van der Waals surface area contributed by atoms with Crippen LogP contribution in [0.5, 0.6) is 11.5 Å². The second kappa shape index (κ2) is 7.55. The highest BCUT2D eigenvalue weighted by Crippen LogP contribution is 2.35. The van der Waals surface area contributed by atoms with Crippen molar-refractivity contribution in [2.75, 3.05) is 19.5 Å². The minimum atomic E-state index is -0.428. The topological polar surface area (TPSA) is 43.4 Å². The predicted octanol–water partition coefficient (Wildman–Crippen LogP) is 5.21. The molecule has 1 aromatic heterocycles. The molecule has 0 aliphatic rings. The van der Waals surface area contributed by atoms with E-state index in [4.69, 9.17) is 21.1 Å². The lowest BCUT2D eigenvalue weighted by Crippen LogP contribution is -1.97. The number of benzene rings is 2. The lowest BCUT2D eigenvalue weighted by atomic mass is 10.1. The maximum atomic E-state index is 14.0. The van der Waals surface area contributed by atoms with Crippen molar-refractivity contribution in [1.82, 2.24) is 4.98 Å². The zero-order chi connectivity index (χ0) is 16.4. The SMILES string of the molecule is COc1cc2nccc(Nc3ccc(Cl)cc3F)c2cc1OC.Cl. The summed E-state index contributed by atoms with van der Waals surface area (Å²) in [7, 11) is 3.13. The quantitative estimate of drug-likeness (QED) is 0.686. The van der Waals surface area contributed by atoms with Gasteiger partial charge in [0.15, 0.2) is 11.5 Å². The summed E-state index contributed by atoms with van der Waals surface area (Å²) in [5, 5.41) is 4.20. The molecule has 4 nitrogen and oxygen atoms in total. The van der Waals surface area contributed by atoms with Crippen LogP contribution in [-0.2, 0) is 0 Å². The van der Waals surface area contributed by atoms with Gasteiger partial charge in [0.1, 0.15) is 5.82 Å². The molecule has 3 aromatic rings. The van der Waals surface area contributed by atoms with Gasteiger partial charge in [0.05, 0.1) is 25.4 Å². The number of pyridine rings is 1. The van der Waals surface area contributed by atoms with Gasteiger partial charge >= 0.3 is 0 Å². The Morgan fingerprint density at radius 2 is 1.71 bits per heavy atom. The Morgan fingerprint density at radius 3 is 2.38 bits per heavy atom. The van der Waals surface area contributed by atoms with E-state index >= 15 is 0 Å². The molecule has 3 rings (SSSR count). The summed E-state index contributed by atoms with van der Waals surface area (Å²) in [6.45, 7) is 0. The fourth-order valence-corrected chi connectivity index (χ4v) is 2.48. The smallest absolute Gasteiger partial charge is 0.162 e. The number of hydrogen-bond donors (Lipinski definition) is 1. The van der Waals surface area contributed by atoms with Crippen LogP contribution in [0.15, 0.2) is 42.6 Å². The molecular formula is C17H15Cl2FN2O2. The van der Waals surface area contributed by atoms with Gasteiger partial charge < -0.3 is 14.8 Å². The molecule has 2 aromatic carbocycles. The standard InChI is InChI=1S/C17H14ClFN2O2.ClH/c1-22-16-8-11-13(5-6-20-15(11)9-17(16)23-2)21-14-4-3-10(18)7-12(14)19;/h3-9H,1-2H3,(H,20,21);1H. The average Bonchev–Trinajstić information content (AvgIpc) is 2.56. The number of halogens is 3. The van der Waals surface area contributed by atoms with E-state index in [1.165, 1.54) is 6.07 Å². The maximum Gasteiger partial charge on any atom is 0.162 e. The highest BCUT2D eigenvalue weighted by Gasteiger charge is 2.11. The van der Waals surface area contributed by atoms with Crippen molar-refractivity contribution in [1.29, 1.82) is 0 Å². The number of rotatable bonds is 4. The fourth-order valence-electron chi connectivity index (χ4n) is 2.32. The molecule has 1 heterocycles.